The maximum atomic E-state index is 13.1. The third-order valence-corrected chi connectivity index (χ3v) is 5.20. The average Bonchev–Trinajstić information content (AvgIpc) is 2.76. The molecule has 1 aromatic carbocycles. The van der Waals surface area contributed by atoms with Gasteiger partial charge in [-0.1, -0.05) is 44.5 Å². The lowest BCUT2D eigenvalue weighted by atomic mass is 9.98. The van der Waals surface area contributed by atoms with Crippen LogP contribution >= 0.6 is 0 Å². The molecule has 32 heavy (non-hydrogen) atoms. The normalized spacial score (nSPS) is 14.3. The SMILES string of the molecule is CCC(C)[C@@H](N)C(=O)N[C@@H](Cc1cccc(C(F)(F)F)c1)C(=O)NCc1ccc(N)nc1. The molecule has 0 fully saturated rings. The zero-order valence-corrected chi connectivity index (χ0v) is 17.9. The van der Waals surface area contributed by atoms with Gasteiger partial charge in [0.2, 0.25) is 11.8 Å². The fraction of sp³-hybridized carbons (Fsp3) is 0.409. The lowest BCUT2D eigenvalue weighted by molar-refractivity contribution is -0.137. The van der Waals surface area contributed by atoms with Crippen LogP contribution in [0.4, 0.5) is 19.0 Å². The molecular formula is C22H28F3N5O2. The Hall–Kier alpha value is -3.14. The zero-order chi connectivity index (χ0) is 23.9. The van der Waals surface area contributed by atoms with Gasteiger partial charge in [-0.15, -0.1) is 0 Å². The van der Waals surface area contributed by atoms with Crippen molar-refractivity contribution in [1.82, 2.24) is 15.6 Å². The van der Waals surface area contributed by atoms with Crippen molar-refractivity contribution in [3.8, 4) is 0 Å². The number of amides is 2. The molecule has 2 aromatic rings. The van der Waals surface area contributed by atoms with Crippen LogP contribution in [0.3, 0.4) is 0 Å². The van der Waals surface area contributed by atoms with E-state index < -0.39 is 35.6 Å². The highest BCUT2D eigenvalue weighted by molar-refractivity contribution is 5.90. The number of halogens is 3. The summed E-state index contributed by atoms with van der Waals surface area (Å²) < 4.78 is 39.2. The lowest BCUT2D eigenvalue weighted by Gasteiger charge is -2.23. The number of aromatic nitrogens is 1. The van der Waals surface area contributed by atoms with Gasteiger partial charge in [0.25, 0.3) is 0 Å². The van der Waals surface area contributed by atoms with Gasteiger partial charge in [-0.05, 0) is 29.2 Å². The quantitative estimate of drug-likeness (QED) is 0.466. The molecular weight excluding hydrogens is 423 g/mol. The number of nitrogen functional groups attached to an aromatic ring is 1. The summed E-state index contributed by atoms with van der Waals surface area (Å²) in [4.78, 5) is 29.3. The third kappa shape index (κ3) is 7.23. The molecule has 0 aliphatic carbocycles. The molecule has 1 heterocycles. The Morgan fingerprint density at radius 3 is 2.44 bits per heavy atom. The Morgan fingerprint density at radius 1 is 1.12 bits per heavy atom. The van der Waals surface area contributed by atoms with Crippen molar-refractivity contribution in [1.29, 1.82) is 0 Å². The molecule has 1 unspecified atom stereocenters. The number of nitrogens with two attached hydrogens (primary N) is 2. The molecule has 2 amide bonds. The standard InChI is InChI=1S/C22H28F3N5O2/c1-3-13(2)19(27)21(32)30-17(10-14-5-4-6-16(9-14)22(23,24)25)20(31)29-12-15-7-8-18(26)28-11-15/h4-9,11,13,17,19H,3,10,12,27H2,1-2H3,(H2,26,28)(H,29,31)(H,30,32)/t13?,17-,19+/m0/s1. The zero-order valence-electron chi connectivity index (χ0n) is 17.9. The summed E-state index contributed by atoms with van der Waals surface area (Å²) in [5, 5.41) is 5.26. The van der Waals surface area contributed by atoms with Crippen molar-refractivity contribution in [2.24, 2.45) is 11.7 Å². The summed E-state index contributed by atoms with van der Waals surface area (Å²) in [7, 11) is 0. The van der Waals surface area contributed by atoms with Crippen molar-refractivity contribution in [2.75, 3.05) is 5.73 Å². The van der Waals surface area contributed by atoms with E-state index in [2.05, 4.69) is 15.6 Å². The third-order valence-electron chi connectivity index (χ3n) is 5.20. The van der Waals surface area contributed by atoms with Gasteiger partial charge in [-0.2, -0.15) is 13.2 Å². The largest absolute Gasteiger partial charge is 0.416 e. The number of anilines is 1. The van der Waals surface area contributed by atoms with Gasteiger partial charge in [0.15, 0.2) is 0 Å². The predicted octanol–water partition coefficient (Wildman–Crippen LogP) is 2.40. The molecule has 0 aliphatic rings. The highest BCUT2D eigenvalue weighted by atomic mass is 19.4. The number of carbonyl (C=O) groups is 2. The molecule has 3 atom stereocenters. The maximum absolute atomic E-state index is 13.1. The second-order valence-electron chi connectivity index (χ2n) is 7.68. The first kappa shape index (κ1) is 25.1. The van der Waals surface area contributed by atoms with Gasteiger partial charge in [0.05, 0.1) is 11.6 Å². The summed E-state index contributed by atoms with van der Waals surface area (Å²) >= 11 is 0. The van der Waals surface area contributed by atoms with Crippen LogP contribution in [-0.2, 0) is 28.7 Å². The van der Waals surface area contributed by atoms with Crippen molar-refractivity contribution >= 4 is 17.6 Å². The second kappa shape index (κ2) is 10.9. The van der Waals surface area contributed by atoms with Gasteiger partial charge in [-0.3, -0.25) is 9.59 Å². The fourth-order valence-corrected chi connectivity index (χ4v) is 2.95. The van der Waals surface area contributed by atoms with Crippen molar-refractivity contribution in [2.45, 2.75) is 51.5 Å². The topological polar surface area (TPSA) is 123 Å². The molecule has 174 valence electrons. The number of nitrogens with zero attached hydrogens (tertiary/aromatic N) is 1. The molecule has 0 spiro atoms. The van der Waals surface area contributed by atoms with E-state index in [1.54, 1.807) is 19.1 Å². The number of nitrogens with one attached hydrogen (secondary N) is 2. The highest BCUT2D eigenvalue weighted by Gasteiger charge is 2.31. The molecule has 7 nitrogen and oxygen atoms in total. The Bertz CT molecular complexity index is 919. The number of benzene rings is 1. The monoisotopic (exact) mass is 451 g/mol. The molecule has 0 saturated heterocycles. The van der Waals surface area contributed by atoms with Crippen molar-refractivity contribution in [3.63, 3.8) is 0 Å². The van der Waals surface area contributed by atoms with Gasteiger partial charge in [0.1, 0.15) is 11.9 Å². The summed E-state index contributed by atoms with van der Waals surface area (Å²) in [5.74, 6) is -0.897. The van der Waals surface area contributed by atoms with Crippen LogP contribution in [0, 0.1) is 5.92 Å². The number of hydrogen-bond acceptors (Lipinski definition) is 5. The van der Waals surface area contributed by atoms with E-state index in [1.807, 2.05) is 6.92 Å². The van der Waals surface area contributed by atoms with E-state index in [1.165, 1.54) is 18.3 Å². The van der Waals surface area contributed by atoms with E-state index in [9.17, 15) is 22.8 Å². The number of rotatable bonds is 9. The molecule has 0 aliphatic heterocycles. The number of alkyl halides is 3. The highest BCUT2D eigenvalue weighted by Crippen LogP contribution is 2.29. The van der Waals surface area contributed by atoms with Crippen molar-refractivity contribution < 1.29 is 22.8 Å². The van der Waals surface area contributed by atoms with E-state index in [0.29, 0.717) is 17.8 Å². The molecule has 10 heteroatoms. The van der Waals surface area contributed by atoms with Crippen LogP contribution in [0.25, 0.3) is 0 Å². The molecule has 6 N–H and O–H groups in total. The van der Waals surface area contributed by atoms with Crippen molar-refractivity contribution in [3.05, 3.63) is 59.3 Å². The summed E-state index contributed by atoms with van der Waals surface area (Å²) in [5.41, 5.74) is 11.6. The van der Waals surface area contributed by atoms with Gasteiger partial charge >= 0.3 is 6.18 Å². The number of carbonyl (C=O) groups excluding carboxylic acids is 2. The van der Waals surface area contributed by atoms with Gasteiger partial charge in [-0.25, -0.2) is 4.98 Å². The summed E-state index contributed by atoms with van der Waals surface area (Å²) in [6, 6.07) is 5.95. The minimum absolute atomic E-state index is 0.110. The van der Waals surface area contributed by atoms with Crippen LogP contribution in [-0.4, -0.2) is 28.9 Å². The fourth-order valence-electron chi connectivity index (χ4n) is 2.95. The first-order chi connectivity index (χ1) is 15.0. The minimum Gasteiger partial charge on any atom is -0.384 e. The Labute approximate surface area is 184 Å². The van der Waals surface area contributed by atoms with E-state index in [4.69, 9.17) is 11.5 Å². The van der Waals surface area contributed by atoms with Crippen LogP contribution < -0.4 is 22.1 Å². The summed E-state index contributed by atoms with van der Waals surface area (Å²) in [6.07, 6.45) is -2.50. The predicted molar refractivity (Wildman–Crippen MR) is 115 cm³/mol. The molecule has 0 saturated carbocycles. The van der Waals surface area contributed by atoms with E-state index in [0.717, 1.165) is 12.1 Å². The Kier molecular flexibility index (Phi) is 8.59. The molecule has 0 bridgehead atoms. The first-order valence-corrected chi connectivity index (χ1v) is 10.2. The molecule has 0 radical (unpaired) electrons. The molecule has 1 aromatic heterocycles. The number of pyridine rings is 1. The summed E-state index contributed by atoms with van der Waals surface area (Å²) in [6.45, 7) is 3.80. The van der Waals surface area contributed by atoms with Crippen LogP contribution in [0.1, 0.15) is 37.0 Å². The van der Waals surface area contributed by atoms with Crippen LogP contribution in [0.15, 0.2) is 42.6 Å². The van der Waals surface area contributed by atoms with Gasteiger partial charge in [0, 0.05) is 19.2 Å². The van der Waals surface area contributed by atoms with Crippen LogP contribution in [0.2, 0.25) is 0 Å². The maximum Gasteiger partial charge on any atom is 0.416 e. The van der Waals surface area contributed by atoms with Crippen LogP contribution in [0.5, 0.6) is 0 Å². The first-order valence-electron chi connectivity index (χ1n) is 10.2. The average molecular weight is 451 g/mol. The van der Waals surface area contributed by atoms with Gasteiger partial charge < -0.3 is 22.1 Å². The number of hydrogen-bond donors (Lipinski definition) is 4. The Balaban J connectivity index is 2.19. The second-order valence-corrected chi connectivity index (χ2v) is 7.68. The van der Waals surface area contributed by atoms with E-state index in [-0.39, 0.29) is 24.4 Å². The lowest BCUT2D eigenvalue weighted by Crippen LogP contribution is -2.53. The smallest absolute Gasteiger partial charge is 0.384 e. The minimum atomic E-state index is -4.52. The Morgan fingerprint density at radius 2 is 1.84 bits per heavy atom. The molecule has 2 rings (SSSR count). The van der Waals surface area contributed by atoms with E-state index >= 15 is 0 Å².